The highest BCUT2D eigenvalue weighted by molar-refractivity contribution is 6.28. The molecule has 16 heavy (non-hydrogen) atoms. The maximum Gasteiger partial charge on any atom is 0.231 e. The summed E-state index contributed by atoms with van der Waals surface area (Å²) in [7, 11) is 1.71. The summed E-state index contributed by atoms with van der Waals surface area (Å²) >= 11 is 5.79. The minimum atomic E-state index is 0.0381. The second-order valence-corrected chi connectivity index (χ2v) is 3.83. The van der Waals surface area contributed by atoms with Gasteiger partial charge < -0.3 is 15.3 Å². The SMILES string of the molecule is CNc1nc(Cl)nc(N(CCO)C(C)C)n1. The van der Waals surface area contributed by atoms with Gasteiger partial charge in [-0.25, -0.2) is 0 Å². The van der Waals surface area contributed by atoms with E-state index in [0.29, 0.717) is 18.4 Å². The lowest BCUT2D eigenvalue weighted by atomic mass is 10.3. The summed E-state index contributed by atoms with van der Waals surface area (Å²) in [6.45, 7) is 4.48. The topological polar surface area (TPSA) is 74.2 Å². The Morgan fingerprint density at radius 1 is 1.38 bits per heavy atom. The lowest BCUT2D eigenvalue weighted by molar-refractivity contribution is 0.298. The van der Waals surface area contributed by atoms with Gasteiger partial charge in [-0.1, -0.05) is 0 Å². The summed E-state index contributed by atoms with van der Waals surface area (Å²) in [5.74, 6) is 0.881. The Kier molecular flexibility index (Phi) is 4.70. The number of halogens is 1. The van der Waals surface area contributed by atoms with E-state index < -0.39 is 0 Å². The zero-order valence-corrected chi connectivity index (χ0v) is 10.4. The molecule has 0 bridgehead atoms. The fourth-order valence-corrected chi connectivity index (χ4v) is 1.43. The van der Waals surface area contributed by atoms with Crippen molar-refractivity contribution in [3.63, 3.8) is 0 Å². The van der Waals surface area contributed by atoms with Crippen LogP contribution in [0.25, 0.3) is 0 Å². The van der Waals surface area contributed by atoms with Crippen LogP contribution in [0, 0.1) is 0 Å². The number of anilines is 2. The zero-order valence-electron chi connectivity index (χ0n) is 9.61. The first-order valence-electron chi connectivity index (χ1n) is 5.05. The van der Waals surface area contributed by atoms with Gasteiger partial charge in [0.05, 0.1) is 6.61 Å². The summed E-state index contributed by atoms with van der Waals surface area (Å²) in [6, 6.07) is 0.176. The third kappa shape index (κ3) is 3.18. The summed E-state index contributed by atoms with van der Waals surface area (Å²) in [4.78, 5) is 14.0. The molecule has 0 spiro atoms. The molecule has 90 valence electrons. The Balaban J connectivity index is 3.03. The lowest BCUT2D eigenvalue weighted by Crippen LogP contribution is -2.35. The van der Waals surface area contributed by atoms with Crippen molar-refractivity contribution < 1.29 is 5.11 Å². The number of aliphatic hydroxyl groups is 1. The standard InChI is InChI=1S/C9H16ClN5O/c1-6(2)15(4-5-16)9-13-7(10)12-8(11-3)14-9/h6,16H,4-5H2,1-3H3,(H,11,12,13,14). The van der Waals surface area contributed by atoms with E-state index in [-0.39, 0.29) is 17.9 Å². The molecule has 0 saturated carbocycles. The molecule has 0 fully saturated rings. The summed E-state index contributed by atoms with van der Waals surface area (Å²) in [6.07, 6.45) is 0. The van der Waals surface area contributed by atoms with E-state index in [1.807, 2.05) is 18.7 Å². The van der Waals surface area contributed by atoms with Crippen molar-refractivity contribution in [2.24, 2.45) is 0 Å². The van der Waals surface area contributed by atoms with Gasteiger partial charge in [-0.15, -0.1) is 0 Å². The molecule has 0 amide bonds. The van der Waals surface area contributed by atoms with Gasteiger partial charge in [-0.2, -0.15) is 15.0 Å². The normalized spacial score (nSPS) is 10.6. The van der Waals surface area contributed by atoms with Crippen LogP contribution in [-0.2, 0) is 0 Å². The molecule has 1 aromatic rings. The molecule has 1 aromatic heterocycles. The number of nitrogens with one attached hydrogen (secondary N) is 1. The number of hydrogen-bond acceptors (Lipinski definition) is 6. The van der Waals surface area contributed by atoms with Gasteiger partial charge in [0, 0.05) is 19.6 Å². The van der Waals surface area contributed by atoms with E-state index in [0.717, 1.165) is 0 Å². The Labute approximate surface area is 99.7 Å². The fraction of sp³-hybridized carbons (Fsp3) is 0.667. The quantitative estimate of drug-likeness (QED) is 0.799. The van der Waals surface area contributed by atoms with Crippen LogP contribution >= 0.6 is 11.6 Å². The molecule has 0 atom stereocenters. The van der Waals surface area contributed by atoms with Crippen molar-refractivity contribution >= 4 is 23.5 Å². The number of aromatic nitrogens is 3. The minimum absolute atomic E-state index is 0.0381. The summed E-state index contributed by atoms with van der Waals surface area (Å²) < 4.78 is 0. The number of hydrogen-bond donors (Lipinski definition) is 2. The maximum absolute atomic E-state index is 8.98. The molecule has 2 N–H and O–H groups in total. The first-order chi connectivity index (χ1) is 7.58. The molecule has 6 nitrogen and oxygen atoms in total. The van der Waals surface area contributed by atoms with Crippen LogP contribution in [0.15, 0.2) is 0 Å². The average Bonchev–Trinajstić information content (AvgIpc) is 2.24. The monoisotopic (exact) mass is 245 g/mol. The minimum Gasteiger partial charge on any atom is -0.395 e. The van der Waals surface area contributed by atoms with Crippen LogP contribution in [0.2, 0.25) is 5.28 Å². The molecule has 1 rings (SSSR count). The first-order valence-corrected chi connectivity index (χ1v) is 5.43. The first kappa shape index (κ1) is 12.9. The molecule has 0 aromatic carbocycles. The van der Waals surface area contributed by atoms with E-state index in [2.05, 4.69) is 20.3 Å². The Morgan fingerprint density at radius 3 is 2.56 bits per heavy atom. The van der Waals surface area contributed by atoms with E-state index in [1.165, 1.54) is 0 Å². The van der Waals surface area contributed by atoms with Gasteiger partial charge in [-0.05, 0) is 25.4 Å². The van der Waals surface area contributed by atoms with E-state index in [9.17, 15) is 0 Å². The molecule has 0 aliphatic rings. The van der Waals surface area contributed by atoms with Crippen LogP contribution in [0.5, 0.6) is 0 Å². The summed E-state index contributed by atoms with van der Waals surface area (Å²) in [5, 5.41) is 11.9. The number of aliphatic hydroxyl groups excluding tert-OH is 1. The Morgan fingerprint density at radius 2 is 2.06 bits per heavy atom. The molecule has 0 aliphatic heterocycles. The molecular weight excluding hydrogens is 230 g/mol. The second-order valence-electron chi connectivity index (χ2n) is 3.49. The highest BCUT2D eigenvalue weighted by Gasteiger charge is 2.15. The molecule has 0 aliphatic carbocycles. The fourth-order valence-electron chi connectivity index (χ4n) is 1.28. The third-order valence-corrected chi connectivity index (χ3v) is 2.21. The van der Waals surface area contributed by atoms with Crippen LogP contribution in [-0.4, -0.2) is 46.3 Å². The summed E-state index contributed by atoms with van der Waals surface area (Å²) in [5.41, 5.74) is 0. The van der Waals surface area contributed by atoms with Crippen LogP contribution < -0.4 is 10.2 Å². The smallest absolute Gasteiger partial charge is 0.231 e. The zero-order chi connectivity index (χ0) is 12.1. The van der Waals surface area contributed by atoms with Crippen LogP contribution in [0.4, 0.5) is 11.9 Å². The van der Waals surface area contributed by atoms with Crippen molar-refractivity contribution in [3.8, 4) is 0 Å². The highest BCUT2D eigenvalue weighted by atomic mass is 35.5. The van der Waals surface area contributed by atoms with Gasteiger partial charge in [0.2, 0.25) is 17.2 Å². The van der Waals surface area contributed by atoms with Crippen molar-refractivity contribution in [1.29, 1.82) is 0 Å². The van der Waals surface area contributed by atoms with Gasteiger partial charge in [0.15, 0.2) is 0 Å². The van der Waals surface area contributed by atoms with E-state index >= 15 is 0 Å². The highest BCUT2D eigenvalue weighted by Crippen LogP contribution is 2.15. The molecule has 1 heterocycles. The maximum atomic E-state index is 8.98. The van der Waals surface area contributed by atoms with Gasteiger partial charge >= 0.3 is 0 Å². The van der Waals surface area contributed by atoms with Crippen molar-refractivity contribution in [1.82, 2.24) is 15.0 Å². The molecule has 0 unspecified atom stereocenters. The molecular formula is C9H16ClN5O. The van der Waals surface area contributed by atoms with Crippen molar-refractivity contribution in [3.05, 3.63) is 5.28 Å². The van der Waals surface area contributed by atoms with Crippen molar-refractivity contribution in [2.75, 3.05) is 30.4 Å². The second kappa shape index (κ2) is 5.81. The average molecular weight is 246 g/mol. The predicted octanol–water partition coefficient (Wildman–Crippen LogP) is 0.774. The van der Waals surface area contributed by atoms with Gasteiger partial charge in [-0.3, -0.25) is 0 Å². The molecule has 0 radical (unpaired) electrons. The third-order valence-electron chi connectivity index (χ3n) is 2.04. The Bertz CT molecular complexity index is 347. The van der Waals surface area contributed by atoms with Crippen LogP contribution in [0.1, 0.15) is 13.8 Å². The van der Waals surface area contributed by atoms with E-state index in [4.69, 9.17) is 16.7 Å². The van der Waals surface area contributed by atoms with Gasteiger partial charge in [0.1, 0.15) is 0 Å². The lowest BCUT2D eigenvalue weighted by Gasteiger charge is -2.25. The van der Waals surface area contributed by atoms with Crippen molar-refractivity contribution in [2.45, 2.75) is 19.9 Å². The number of nitrogens with zero attached hydrogens (tertiary/aromatic N) is 4. The van der Waals surface area contributed by atoms with E-state index in [1.54, 1.807) is 7.05 Å². The van der Waals surface area contributed by atoms with Gasteiger partial charge in [0.25, 0.3) is 0 Å². The molecule has 0 saturated heterocycles. The number of rotatable bonds is 5. The molecule has 7 heteroatoms. The predicted molar refractivity (Wildman–Crippen MR) is 64.0 cm³/mol. The largest absolute Gasteiger partial charge is 0.395 e. The van der Waals surface area contributed by atoms with Crippen LogP contribution in [0.3, 0.4) is 0 Å². The Hall–Kier alpha value is -1.14.